The molecule has 1 amide bonds. The van der Waals surface area contributed by atoms with Gasteiger partial charge in [-0.15, -0.1) is 0 Å². The summed E-state index contributed by atoms with van der Waals surface area (Å²) in [4.78, 5) is 24.2. The number of nitriles is 1. The third kappa shape index (κ3) is 3.18. The van der Waals surface area contributed by atoms with Crippen molar-refractivity contribution in [2.24, 2.45) is 5.16 Å². The van der Waals surface area contributed by atoms with E-state index in [2.05, 4.69) is 26.4 Å². The van der Waals surface area contributed by atoms with Crippen molar-refractivity contribution in [1.82, 2.24) is 10.3 Å². The standard InChI is InChI=1S/C17H21N5O2/c1-12-10-17(2,24-21-12)16(23)20-14-5-8-22(9-6-14)15-13(11-18)4-3-7-19-15/h3-4,7,14H,5-6,8-10H2,1-2H3,(H,20,23)/t17-/m1/s1. The van der Waals surface area contributed by atoms with Crippen LogP contribution in [0.25, 0.3) is 0 Å². The molecule has 2 aliphatic heterocycles. The summed E-state index contributed by atoms with van der Waals surface area (Å²) in [5.41, 5.74) is 0.525. The summed E-state index contributed by atoms with van der Waals surface area (Å²) in [5, 5.41) is 16.1. The molecule has 0 spiro atoms. The van der Waals surface area contributed by atoms with Crippen molar-refractivity contribution < 1.29 is 9.63 Å². The number of oxime groups is 1. The molecular formula is C17H21N5O2. The molecule has 0 saturated carbocycles. The Kier molecular flexibility index (Phi) is 4.38. The van der Waals surface area contributed by atoms with Crippen LogP contribution in [-0.4, -0.2) is 41.3 Å². The number of nitrogens with zero attached hydrogens (tertiary/aromatic N) is 4. The lowest BCUT2D eigenvalue weighted by Crippen LogP contribution is -2.52. The van der Waals surface area contributed by atoms with E-state index in [9.17, 15) is 10.1 Å². The Bertz CT molecular complexity index is 703. The molecule has 126 valence electrons. The van der Waals surface area contributed by atoms with Crippen LogP contribution in [-0.2, 0) is 9.63 Å². The number of carbonyl (C=O) groups is 1. The van der Waals surface area contributed by atoms with Gasteiger partial charge in [-0.05, 0) is 38.8 Å². The Morgan fingerprint density at radius 2 is 2.25 bits per heavy atom. The fourth-order valence-corrected chi connectivity index (χ4v) is 3.16. The van der Waals surface area contributed by atoms with Gasteiger partial charge in [-0.1, -0.05) is 5.16 Å². The highest BCUT2D eigenvalue weighted by Gasteiger charge is 2.41. The molecule has 0 aliphatic carbocycles. The van der Waals surface area contributed by atoms with Gasteiger partial charge in [0.15, 0.2) is 0 Å². The van der Waals surface area contributed by atoms with E-state index < -0.39 is 5.60 Å². The first-order chi connectivity index (χ1) is 11.5. The molecule has 7 nitrogen and oxygen atoms in total. The molecule has 0 aromatic carbocycles. The molecular weight excluding hydrogens is 306 g/mol. The Morgan fingerprint density at radius 3 is 2.88 bits per heavy atom. The van der Waals surface area contributed by atoms with Gasteiger partial charge >= 0.3 is 0 Å². The Labute approximate surface area is 141 Å². The quantitative estimate of drug-likeness (QED) is 0.910. The highest BCUT2D eigenvalue weighted by atomic mass is 16.7. The molecule has 1 N–H and O–H groups in total. The Hall–Kier alpha value is -2.62. The zero-order valence-electron chi connectivity index (χ0n) is 14.0. The predicted octanol–water partition coefficient (Wildman–Crippen LogP) is 1.59. The predicted molar refractivity (Wildman–Crippen MR) is 89.5 cm³/mol. The number of hydrogen-bond donors (Lipinski definition) is 1. The summed E-state index contributed by atoms with van der Waals surface area (Å²) in [5.74, 6) is 0.608. The molecule has 1 aromatic heterocycles. The third-order valence-corrected chi connectivity index (χ3v) is 4.51. The van der Waals surface area contributed by atoms with Crippen LogP contribution in [0.4, 0.5) is 5.82 Å². The van der Waals surface area contributed by atoms with E-state index in [0.29, 0.717) is 12.0 Å². The number of amides is 1. The fraction of sp³-hybridized carbons (Fsp3) is 0.529. The van der Waals surface area contributed by atoms with Gasteiger partial charge < -0.3 is 15.1 Å². The monoisotopic (exact) mass is 327 g/mol. The zero-order valence-corrected chi connectivity index (χ0v) is 14.0. The number of nitrogens with one attached hydrogen (secondary N) is 1. The van der Waals surface area contributed by atoms with Crippen molar-refractivity contribution in [3.05, 3.63) is 23.9 Å². The van der Waals surface area contributed by atoms with Crippen molar-refractivity contribution in [2.75, 3.05) is 18.0 Å². The summed E-state index contributed by atoms with van der Waals surface area (Å²) in [6.45, 7) is 5.13. The number of pyridine rings is 1. The van der Waals surface area contributed by atoms with Crippen LogP contribution in [0.5, 0.6) is 0 Å². The molecule has 7 heteroatoms. The van der Waals surface area contributed by atoms with Crippen molar-refractivity contribution in [1.29, 1.82) is 5.26 Å². The first-order valence-corrected chi connectivity index (χ1v) is 8.14. The lowest BCUT2D eigenvalue weighted by molar-refractivity contribution is -0.142. The zero-order chi connectivity index (χ0) is 17.2. The van der Waals surface area contributed by atoms with Gasteiger partial charge in [0.05, 0.1) is 11.3 Å². The van der Waals surface area contributed by atoms with Crippen molar-refractivity contribution in [3.63, 3.8) is 0 Å². The Morgan fingerprint density at radius 1 is 1.50 bits per heavy atom. The van der Waals surface area contributed by atoms with Crippen LogP contribution in [0.15, 0.2) is 23.5 Å². The van der Waals surface area contributed by atoms with E-state index in [4.69, 9.17) is 4.84 Å². The van der Waals surface area contributed by atoms with Gasteiger partial charge in [0, 0.05) is 31.7 Å². The van der Waals surface area contributed by atoms with Gasteiger partial charge in [-0.2, -0.15) is 5.26 Å². The summed E-state index contributed by atoms with van der Waals surface area (Å²) < 4.78 is 0. The summed E-state index contributed by atoms with van der Waals surface area (Å²) in [7, 11) is 0. The van der Waals surface area contributed by atoms with Gasteiger partial charge in [-0.3, -0.25) is 4.79 Å². The molecule has 2 aliphatic rings. The van der Waals surface area contributed by atoms with Gasteiger partial charge in [0.2, 0.25) is 5.60 Å². The summed E-state index contributed by atoms with van der Waals surface area (Å²) in [6, 6.07) is 5.82. The maximum absolute atomic E-state index is 12.5. The summed E-state index contributed by atoms with van der Waals surface area (Å²) >= 11 is 0. The van der Waals surface area contributed by atoms with Crippen molar-refractivity contribution in [3.8, 4) is 6.07 Å². The SMILES string of the molecule is CC1=NO[C@@](C)(C(=O)NC2CCN(c3ncccc3C#N)CC2)C1. The maximum Gasteiger partial charge on any atom is 0.267 e. The topological polar surface area (TPSA) is 90.6 Å². The molecule has 0 bridgehead atoms. The number of carbonyl (C=O) groups excluding carboxylic acids is 1. The molecule has 1 atom stereocenters. The van der Waals surface area contributed by atoms with E-state index in [1.54, 1.807) is 25.3 Å². The lowest BCUT2D eigenvalue weighted by Gasteiger charge is -2.34. The summed E-state index contributed by atoms with van der Waals surface area (Å²) in [6.07, 6.45) is 3.84. The molecule has 1 saturated heterocycles. The molecule has 1 fully saturated rings. The van der Waals surface area contributed by atoms with Crippen LogP contribution >= 0.6 is 0 Å². The van der Waals surface area contributed by atoms with Crippen LogP contribution in [0.1, 0.15) is 38.7 Å². The molecule has 24 heavy (non-hydrogen) atoms. The second-order valence-electron chi connectivity index (χ2n) is 6.55. The third-order valence-electron chi connectivity index (χ3n) is 4.51. The minimum Gasteiger partial charge on any atom is -0.379 e. The maximum atomic E-state index is 12.5. The Balaban J connectivity index is 1.56. The lowest BCUT2D eigenvalue weighted by atomic mass is 9.97. The molecule has 1 aromatic rings. The van der Waals surface area contributed by atoms with E-state index in [1.165, 1.54) is 0 Å². The van der Waals surface area contributed by atoms with Crippen molar-refractivity contribution >= 4 is 17.4 Å². The van der Waals surface area contributed by atoms with Crippen molar-refractivity contribution in [2.45, 2.75) is 44.8 Å². The highest BCUT2D eigenvalue weighted by Crippen LogP contribution is 2.25. The van der Waals surface area contributed by atoms with E-state index in [0.717, 1.165) is 37.5 Å². The minimum absolute atomic E-state index is 0.101. The van der Waals surface area contributed by atoms with Crippen LogP contribution in [0, 0.1) is 11.3 Å². The van der Waals surface area contributed by atoms with E-state index in [1.807, 2.05) is 6.92 Å². The second-order valence-corrected chi connectivity index (χ2v) is 6.55. The first kappa shape index (κ1) is 16.2. The van der Waals surface area contributed by atoms with Crippen LogP contribution < -0.4 is 10.2 Å². The normalized spacial score (nSPS) is 24.0. The minimum atomic E-state index is -0.893. The number of rotatable bonds is 3. The van der Waals surface area contributed by atoms with Crippen LogP contribution in [0.2, 0.25) is 0 Å². The smallest absolute Gasteiger partial charge is 0.267 e. The molecule has 0 unspecified atom stereocenters. The van der Waals surface area contributed by atoms with E-state index in [-0.39, 0.29) is 11.9 Å². The second kappa shape index (κ2) is 6.48. The molecule has 0 radical (unpaired) electrons. The number of hydrogen-bond acceptors (Lipinski definition) is 6. The van der Waals surface area contributed by atoms with Crippen LogP contribution in [0.3, 0.4) is 0 Å². The van der Waals surface area contributed by atoms with E-state index >= 15 is 0 Å². The van der Waals surface area contributed by atoms with Gasteiger partial charge in [0.25, 0.3) is 5.91 Å². The number of aromatic nitrogens is 1. The average Bonchev–Trinajstić information content (AvgIpc) is 2.96. The highest BCUT2D eigenvalue weighted by molar-refractivity contribution is 5.94. The largest absolute Gasteiger partial charge is 0.379 e. The number of piperidine rings is 1. The fourth-order valence-electron chi connectivity index (χ4n) is 3.16. The first-order valence-electron chi connectivity index (χ1n) is 8.14. The average molecular weight is 327 g/mol. The van der Waals surface area contributed by atoms with Gasteiger partial charge in [0.1, 0.15) is 11.9 Å². The van der Waals surface area contributed by atoms with Gasteiger partial charge in [-0.25, -0.2) is 4.98 Å². The molecule has 3 heterocycles. The number of anilines is 1. The molecule has 3 rings (SSSR count).